The largest absolute Gasteiger partial charge is 0.415 e. The van der Waals surface area contributed by atoms with Crippen LogP contribution in [-0.4, -0.2) is 49.2 Å². The van der Waals surface area contributed by atoms with Crippen molar-refractivity contribution in [2.45, 2.75) is 104 Å². The minimum atomic E-state index is -1.80. The van der Waals surface area contributed by atoms with Gasteiger partial charge in [-0.15, -0.1) is 0 Å². The predicted molar refractivity (Wildman–Crippen MR) is 179 cm³/mol. The van der Waals surface area contributed by atoms with Crippen LogP contribution in [0.2, 0.25) is 36.3 Å². The van der Waals surface area contributed by atoms with E-state index in [9.17, 15) is 4.79 Å². The smallest absolute Gasteiger partial charge is 0.192 e. The number of carbonyl (C=O) groups excluding carboxylic acids is 1. The lowest BCUT2D eigenvalue weighted by atomic mass is 9.75. The van der Waals surface area contributed by atoms with Crippen molar-refractivity contribution in [1.82, 2.24) is 0 Å². The van der Waals surface area contributed by atoms with E-state index in [2.05, 4.69) is 129 Å². The van der Waals surface area contributed by atoms with Crippen molar-refractivity contribution in [3.8, 4) is 0 Å². The van der Waals surface area contributed by atoms with Gasteiger partial charge in [0.25, 0.3) is 0 Å². The fraction of sp³-hybridized carbons (Fsp3) is 0.618. The number of rotatable bonds is 12. The van der Waals surface area contributed by atoms with Crippen LogP contribution in [0.15, 0.2) is 53.6 Å². The van der Waals surface area contributed by atoms with Gasteiger partial charge in [0.15, 0.2) is 16.6 Å². The maximum Gasteiger partial charge on any atom is 0.192 e. The zero-order chi connectivity index (χ0) is 30.4. The summed E-state index contributed by atoms with van der Waals surface area (Å²) in [5.41, 5.74) is 4.90. The van der Waals surface area contributed by atoms with E-state index in [-0.39, 0.29) is 15.5 Å². The number of anilines is 1. The molecule has 0 bridgehead atoms. The van der Waals surface area contributed by atoms with Crippen molar-refractivity contribution in [3.05, 3.63) is 59.2 Å². The van der Waals surface area contributed by atoms with Crippen LogP contribution in [0.1, 0.15) is 73.8 Å². The molecule has 2 rings (SSSR count). The molecule has 0 saturated carbocycles. The average Bonchev–Trinajstić information content (AvgIpc) is 2.80. The number of benzene rings is 1. The summed E-state index contributed by atoms with van der Waals surface area (Å²) in [5.74, 6) is 0. The second-order valence-corrected chi connectivity index (χ2v) is 24.9. The van der Waals surface area contributed by atoms with Gasteiger partial charge in [0.2, 0.25) is 0 Å². The lowest BCUT2D eigenvalue weighted by Gasteiger charge is -2.38. The van der Waals surface area contributed by atoms with Gasteiger partial charge in [0, 0.05) is 18.8 Å². The lowest BCUT2D eigenvalue weighted by Crippen LogP contribution is -2.44. The number of hydrogen-bond acceptors (Lipinski definition) is 4. The molecule has 0 atom stereocenters. The van der Waals surface area contributed by atoms with Crippen molar-refractivity contribution in [1.29, 1.82) is 0 Å². The van der Waals surface area contributed by atoms with Crippen LogP contribution in [0.3, 0.4) is 0 Å². The van der Waals surface area contributed by atoms with E-state index < -0.39 is 16.6 Å². The molecule has 0 N–H and O–H groups in total. The fourth-order valence-corrected chi connectivity index (χ4v) is 6.50. The zero-order valence-electron chi connectivity index (χ0n) is 27.6. The van der Waals surface area contributed by atoms with E-state index in [1.165, 1.54) is 16.8 Å². The van der Waals surface area contributed by atoms with Crippen LogP contribution in [0.4, 0.5) is 5.69 Å². The van der Waals surface area contributed by atoms with Crippen LogP contribution in [0, 0.1) is 5.41 Å². The maximum atomic E-state index is 11.0. The second kappa shape index (κ2) is 13.5. The molecule has 0 amide bonds. The first-order valence-corrected chi connectivity index (χ1v) is 20.7. The normalized spacial score (nSPS) is 17.8. The van der Waals surface area contributed by atoms with Crippen LogP contribution in [-0.2, 0) is 13.6 Å². The number of nitrogens with zero attached hydrogens (tertiary/aromatic N) is 1. The zero-order valence-corrected chi connectivity index (χ0v) is 29.6. The first-order valence-electron chi connectivity index (χ1n) is 14.9. The quantitative estimate of drug-likeness (QED) is 0.140. The fourth-order valence-electron chi connectivity index (χ4n) is 4.43. The Morgan fingerprint density at radius 3 is 1.77 bits per heavy atom. The van der Waals surface area contributed by atoms with Crippen LogP contribution in [0.5, 0.6) is 0 Å². The topological polar surface area (TPSA) is 38.8 Å². The molecule has 1 aliphatic carbocycles. The molecular weight excluding hydrogens is 527 g/mol. The highest BCUT2D eigenvalue weighted by molar-refractivity contribution is 6.74. The Labute approximate surface area is 248 Å². The van der Waals surface area contributed by atoms with Crippen LogP contribution < -0.4 is 4.90 Å². The number of hydrogen-bond donors (Lipinski definition) is 0. The van der Waals surface area contributed by atoms with Gasteiger partial charge in [-0.1, -0.05) is 85.8 Å². The molecule has 1 aliphatic rings. The molecule has 1 aromatic rings. The van der Waals surface area contributed by atoms with Gasteiger partial charge in [0.05, 0.1) is 13.2 Å². The third-order valence-electron chi connectivity index (χ3n) is 9.03. The van der Waals surface area contributed by atoms with E-state index >= 15 is 0 Å². The van der Waals surface area contributed by atoms with Gasteiger partial charge in [0.1, 0.15) is 6.29 Å². The highest BCUT2D eigenvalue weighted by Crippen LogP contribution is 2.39. The van der Waals surface area contributed by atoms with Gasteiger partial charge in [-0.05, 0) is 89.4 Å². The molecule has 40 heavy (non-hydrogen) atoms. The van der Waals surface area contributed by atoms with Gasteiger partial charge in [-0.3, -0.25) is 4.79 Å². The van der Waals surface area contributed by atoms with Gasteiger partial charge >= 0.3 is 0 Å². The van der Waals surface area contributed by atoms with Crippen molar-refractivity contribution in [3.63, 3.8) is 0 Å². The van der Waals surface area contributed by atoms with Crippen LogP contribution >= 0.6 is 0 Å². The van der Waals surface area contributed by atoms with Crippen molar-refractivity contribution >= 4 is 34.7 Å². The molecule has 0 fully saturated rings. The summed E-state index contributed by atoms with van der Waals surface area (Å²) in [6.45, 7) is 30.7. The molecule has 0 spiro atoms. The Bertz CT molecular complexity index is 1040. The van der Waals surface area contributed by atoms with Gasteiger partial charge < -0.3 is 13.8 Å². The van der Waals surface area contributed by atoms with Crippen LogP contribution in [0.25, 0.3) is 6.08 Å². The number of carbonyl (C=O) groups is 1. The first kappa shape index (κ1) is 34.5. The minimum Gasteiger partial charge on any atom is -0.415 e. The molecule has 224 valence electrons. The van der Waals surface area contributed by atoms with E-state index in [0.717, 1.165) is 51.0 Å². The summed E-state index contributed by atoms with van der Waals surface area (Å²) in [6.07, 6.45) is 11.1. The number of aldehydes is 1. The van der Waals surface area contributed by atoms with E-state index in [0.29, 0.717) is 0 Å². The predicted octanol–water partition coefficient (Wildman–Crippen LogP) is 9.42. The molecule has 0 aliphatic heterocycles. The average molecular weight is 584 g/mol. The molecule has 0 radical (unpaired) electrons. The molecule has 0 saturated heterocycles. The lowest BCUT2D eigenvalue weighted by molar-refractivity contribution is -0.104. The molecular formula is C34H57NO3Si2. The SMILES string of the molecule is CC1(C)CC(=CC=O)C=C(C=Cc2ccc(N(CCO[Si](C)(C)C(C)(C)C)CCO[Si](C)(C)C(C)(C)C)cc2)C1. The Kier molecular flexibility index (Phi) is 11.6. The molecule has 6 heteroatoms. The molecule has 0 aromatic heterocycles. The molecule has 4 nitrogen and oxygen atoms in total. The third-order valence-corrected chi connectivity index (χ3v) is 18.1. The summed E-state index contributed by atoms with van der Waals surface area (Å²) in [5, 5.41) is 0.397. The van der Waals surface area contributed by atoms with Crippen molar-refractivity contribution in [2.75, 3.05) is 31.2 Å². The summed E-state index contributed by atoms with van der Waals surface area (Å²) < 4.78 is 13.1. The Morgan fingerprint density at radius 2 is 1.32 bits per heavy atom. The highest BCUT2D eigenvalue weighted by atomic mass is 28.4. The maximum absolute atomic E-state index is 11.0. The molecule has 1 aromatic carbocycles. The molecule has 0 heterocycles. The minimum absolute atomic E-state index is 0.159. The van der Waals surface area contributed by atoms with E-state index in [1.54, 1.807) is 6.08 Å². The summed E-state index contributed by atoms with van der Waals surface area (Å²) >= 11 is 0. The van der Waals surface area contributed by atoms with E-state index in [4.69, 9.17) is 8.85 Å². The first-order chi connectivity index (χ1) is 18.3. The Hall–Kier alpha value is -1.74. The molecule has 0 unspecified atom stereocenters. The van der Waals surface area contributed by atoms with Crippen molar-refractivity contribution in [2.24, 2.45) is 5.41 Å². The standard InChI is InChI=1S/C34H57NO3Si2/c1-32(2,3)39(9,10)37-23-20-35(21-24-38-40(11,12)33(4,5)6)31-17-15-28(16-18-31)13-14-29-25-30(19-22-36)27-34(7,8)26-29/h13-19,22,25H,20-21,23-24,26-27H2,1-12H3. The Balaban J connectivity index is 2.17. The summed E-state index contributed by atoms with van der Waals surface area (Å²) in [7, 11) is -3.61. The highest BCUT2D eigenvalue weighted by Gasteiger charge is 2.38. The summed E-state index contributed by atoms with van der Waals surface area (Å²) in [6, 6.07) is 8.82. The Morgan fingerprint density at radius 1 is 0.825 bits per heavy atom. The van der Waals surface area contributed by atoms with Gasteiger partial charge in [-0.2, -0.15) is 0 Å². The summed E-state index contributed by atoms with van der Waals surface area (Å²) in [4.78, 5) is 13.4. The third kappa shape index (κ3) is 10.3. The second-order valence-electron chi connectivity index (χ2n) is 15.2. The van der Waals surface area contributed by atoms with E-state index in [1.807, 2.05) is 0 Å². The monoisotopic (exact) mass is 583 g/mol. The van der Waals surface area contributed by atoms with Gasteiger partial charge in [-0.25, -0.2) is 0 Å². The van der Waals surface area contributed by atoms with Crippen molar-refractivity contribution < 1.29 is 13.6 Å². The number of allylic oxidation sites excluding steroid dienone is 5.